The second-order valence-corrected chi connectivity index (χ2v) is 9.38. The zero-order chi connectivity index (χ0) is 34.8. The second-order valence-electron chi connectivity index (χ2n) is 9.38. The molecule has 0 aromatic heterocycles. The highest BCUT2D eigenvalue weighted by molar-refractivity contribution is 5.64. The third-order valence-electron chi connectivity index (χ3n) is 6.24. The molecule has 0 amide bonds. The minimum absolute atomic E-state index is 0.109. The lowest BCUT2D eigenvalue weighted by Crippen LogP contribution is -2.08. The van der Waals surface area contributed by atoms with Crippen molar-refractivity contribution in [1.29, 1.82) is 0 Å². The van der Waals surface area contributed by atoms with Gasteiger partial charge in [0.25, 0.3) is 11.5 Å². The van der Waals surface area contributed by atoms with Gasteiger partial charge in [-0.05, 0) is 41.8 Å². The van der Waals surface area contributed by atoms with Gasteiger partial charge in [-0.15, -0.1) is 0 Å². The van der Waals surface area contributed by atoms with Gasteiger partial charge >= 0.3 is 35.1 Å². The Labute approximate surface area is 256 Å². The average molecular weight is 668 g/mol. The largest absolute Gasteiger partial charge is 0.444 e. The molecule has 0 saturated heterocycles. The van der Waals surface area contributed by atoms with Gasteiger partial charge in [-0.3, -0.25) is 40.5 Å². The summed E-state index contributed by atoms with van der Waals surface area (Å²) < 4.78 is 89.4. The molecule has 0 saturated carbocycles. The van der Waals surface area contributed by atoms with Crippen molar-refractivity contribution in [2.75, 3.05) is 0 Å². The third-order valence-corrected chi connectivity index (χ3v) is 6.24. The van der Waals surface area contributed by atoms with Crippen LogP contribution >= 0.6 is 0 Å². The second kappa shape index (κ2) is 12.6. The van der Waals surface area contributed by atoms with E-state index in [0.717, 1.165) is 0 Å². The van der Waals surface area contributed by atoms with Crippen LogP contribution in [0.25, 0.3) is 0 Å². The first-order chi connectivity index (χ1) is 21.8. The highest BCUT2D eigenvalue weighted by atomic mass is 19.4. The summed E-state index contributed by atoms with van der Waals surface area (Å²) in [4.78, 5) is 40.6. The van der Waals surface area contributed by atoms with Gasteiger partial charge in [-0.1, -0.05) is 24.3 Å². The predicted octanol–water partition coefficient (Wildman–Crippen LogP) is 8.53. The lowest BCUT2D eigenvalue weighted by molar-refractivity contribution is -0.396. The standard InChI is InChI=1S/C27H14F6N4O10/c28-26(29,30)16-10-20(34(38)39)24(21(11-16)35(40)41)46-18-5-1-14(2-6-18)9-15-3-7-19(8-4-15)47-25-22(36(42)43)12-17(27(31,32)33)13-23(25)37(44)45/h1-8,10-13H,9H2. The first-order valence-corrected chi connectivity index (χ1v) is 12.5. The molecule has 0 radical (unpaired) electrons. The Balaban J connectivity index is 1.55. The van der Waals surface area contributed by atoms with Gasteiger partial charge in [0.15, 0.2) is 0 Å². The Morgan fingerprint density at radius 3 is 0.957 bits per heavy atom. The van der Waals surface area contributed by atoms with E-state index in [1.54, 1.807) is 0 Å². The lowest BCUT2D eigenvalue weighted by Gasteiger charge is -2.12. The fourth-order valence-corrected chi connectivity index (χ4v) is 4.10. The molecular weight excluding hydrogens is 654 g/mol. The maximum Gasteiger partial charge on any atom is 0.416 e. The summed E-state index contributed by atoms with van der Waals surface area (Å²) in [5.41, 5.74) is -7.28. The van der Waals surface area contributed by atoms with Crippen LogP contribution in [-0.4, -0.2) is 19.7 Å². The Morgan fingerprint density at radius 2 is 0.745 bits per heavy atom. The summed E-state index contributed by atoms with van der Waals surface area (Å²) in [5.74, 6) is -2.43. The van der Waals surface area contributed by atoms with Gasteiger partial charge in [0.1, 0.15) is 11.5 Å². The molecule has 4 aromatic carbocycles. The summed E-state index contributed by atoms with van der Waals surface area (Å²) in [6.07, 6.45) is -10.1. The third kappa shape index (κ3) is 7.67. The molecule has 47 heavy (non-hydrogen) atoms. The number of nitro benzene ring substituents is 4. The molecule has 0 aliphatic rings. The predicted molar refractivity (Wildman–Crippen MR) is 145 cm³/mol. The zero-order valence-electron chi connectivity index (χ0n) is 22.8. The van der Waals surface area contributed by atoms with Gasteiger partial charge in [0.2, 0.25) is 0 Å². The number of nitrogens with zero attached hydrogens (tertiary/aromatic N) is 4. The number of hydrogen-bond donors (Lipinski definition) is 0. The smallest absolute Gasteiger partial charge is 0.416 e. The number of hydrogen-bond acceptors (Lipinski definition) is 10. The molecule has 20 heteroatoms. The minimum Gasteiger partial charge on any atom is -0.444 e. The number of benzene rings is 4. The van der Waals surface area contributed by atoms with E-state index in [0.29, 0.717) is 11.1 Å². The number of halogens is 6. The van der Waals surface area contributed by atoms with E-state index in [-0.39, 0.29) is 42.2 Å². The van der Waals surface area contributed by atoms with E-state index in [4.69, 9.17) is 9.47 Å². The van der Waals surface area contributed by atoms with Gasteiger partial charge in [0, 0.05) is 24.3 Å². The van der Waals surface area contributed by atoms with Crippen LogP contribution in [0.3, 0.4) is 0 Å². The number of nitro groups is 4. The van der Waals surface area contributed by atoms with Gasteiger partial charge in [0.05, 0.1) is 30.8 Å². The Bertz CT molecular complexity index is 1690. The van der Waals surface area contributed by atoms with Crippen LogP contribution in [-0.2, 0) is 18.8 Å². The zero-order valence-corrected chi connectivity index (χ0v) is 22.8. The molecule has 244 valence electrons. The molecule has 0 unspecified atom stereocenters. The van der Waals surface area contributed by atoms with Crippen molar-refractivity contribution in [2.24, 2.45) is 0 Å². The van der Waals surface area contributed by atoms with Gasteiger partial charge in [-0.25, -0.2) is 0 Å². The number of alkyl halides is 6. The maximum absolute atomic E-state index is 13.1. The van der Waals surface area contributed by atoms with Crippen molar-refractivity contribution < 1.29 is 55.5 Å². The van der Waals surface area contributed by atoms with E-state index < -0.39 is 77.4 Å². The van der Waals surface area contributed by atoms with Crippen LogP contribution in [0.1, 0.15) is 22.3 Å². The molecule has 4 rings (SSSR count). The Hall–Kier alpha value is -6.34. The highest BCUT2D eigenvalue weighted by Crippen LogP contribution is 2.46. The fraction of sp³-hybridized carbons (Fsp3) is 0.111. The summed E-state index contributed by atoms with van der Waals surface area (Å²) >= 11 is 0. The quantitative estimate of drug-likeness (QED) is 0.0898. The summed E-state index contributed by atoms with van der Waals surface area (Å²) in [6, 6.07) is 11.1. The van der Waals surface area contributed by atoms with Crippen molar-refractivity contribution in [3.63, 3.8) is 0 Å². The minimum atomic E-state index is -5.11. The highest BCUT2D eigenvalue weighted by Gasteiger charge is 2.40. The first kappa shape index (κ1) is 33.6. The number of rotatable bonds is 10. The normalized spacial score (nSPS) is 11.5. The van der Waals surface area contributed by atoms with Crippen LogP contribution < -0.4 is 9.47 Å². The van der Waals surface area contributed by atoms with Crippen molar-refractivity contribution in [1.82, 2.24) is 0 Å². The van der Waals surface area contributed by atoms with E-state index in [9.17, 15) is 66.8 Å². The monoisotopic (exact) mass is 668 g/mol. The van der Waals surface area contributed by atoms with Crippen LogP contribution in [0.2, 0.25) is 0 Å². The van der Waals surface area contributed by atoms with E-state index in [2.05, 4.69) is 0 Å². The van der Waals surface area contributed by atoms with Gasteiger partial charge in [-0.2, -0.15) is 26.3 Å². The van der Waals surface area contributed by atoms with Crippen LogP contribution in [0.15, 0.2) is 72.8 Å². The molecule has 0 aliphatic heterocycles. The van der Waals surface area contributed by atoms with Crippen molar-refractivity contribution >= 4 is 22.7 Å². The van der Waals surface area contributed by atoms with Gasteiger partial charge < -0.3 is 9.47 Å². The average Bonchev–Trinajstić information content (AvgIpc) is 2.97. The molecule has 0 aliphatic carbocycles. The molecule has 0 bridgehead atoms. The lowest BCUT2D eigenvalue weighted by atomic mass is 10.0. The fourth-order valence-electron chi connectivity index (χ4n) is 4.10. The molecular formula is C27H14F6N4O10. The SMILES string of the molecule is O=[N+]([O-])c1cc(C(F)(F)F)cc([N+](=O)[O-])c1Oc1ccc(Cc2ccc(Oc3c([N+](=O)[O-])cc(C(F)(F)F)cc3[N+](=O)[O-])cc2)cc1. The molecule has 14 nitrogen and oxygen atoms in total. The summed E-state index contributed by atoms with van der Waals surface area (Å²) in [5, 5.41) is 45.7. The van der Waals surface area contributed by atoms with Crippen molar-refractivity contribution in [3.05, 3.63) is 136 Å². The Morgan fingerprint density at radius 1 is 0.489 bits per heavy atom. The molecule has 4 aromatic rings. The maximum atomic E-state index is 13.1. The van der Waals surface area contributed by atoms with E-state index in [1.165, 1.54) is 48.5 Å². The summed E-state index contributed by atoms with van der Waals surface area (Å²) in [6.45, 7) is 0. The van der Waals surface area contributed by atoms with Crippen molar-refractivity contribution in [3.8, 4) is 23.0 Å². The van der Waals surface area contributed by atoms with E-state index >= 15 is 0 Å². The molecule has 0 spiro atoms. The van der Waals surface area contributed by atoms with Crippen molar-refractivity contribution in [2.45, 2.75) is 18.8 Å². The topological polar surface area (TPSA) is 191 Å². The number of ether oxygens (including phenoxy) is 2. The molecule has 0 atom stereocenters. The molecule has 0 fully saturated rings. The van der Waals surface area contributed by atoms with Crippen LogP contribution in [0.4, 0.5) is 49.1 Å². The van der Waals surface area contributed by atoms with E-state index in [1.807, 2.05) is 0 Å². The first-order valence-electron chi connectivity index (χ1n) is 12.5. The summed E-state index contributed by atoms with van der Waals surface area (Å²) in [7, 11) is 0. The molecule has 0 N–H and O–H groups in total. The molecule has 0 heterocycles. The van der Waals surface area contributed by atoms with Crippen LogP contribution in [0.5, 0.6) is 23.0 Å². The Kier molecular flexibility index (Phi) is 8.98. The van der Waals surface area contributed by atoms with Crippen LogP contribution in [0, 0.1) is 40.5 Å².